The van der Waals surface area contributed by atoms with Gasteiger partial charge in [0, 0.05) is 30.5 Å². The zero-order valence-electron chi connectivity index (χ0n) is 12.1. The van der Waals surface area contributed by atoms with E-state index >= 15 is 0 Å². The van der Waals surface area contributed by atoms with Gasteiger partial charge in [-0.05, 0) is 24.3 Å². The highest BCUT2D eigenvalue weighted by Crippen LogP contribution is 2.05. The maximum Gasteiger partial charge on any atom is 0.252 e. The van der Waals surface area contributed by atoms with E-state index in [1.54, 1.807) is 6.07 Å². The summed E-state index contributed by atoms with van der Waals surface area (Å²) < 4.78 is 0. The first-order chi connectivity index (χ1) is 9.74. The largest absolute Gasteiger partial charge is 0.356 e. The van der Waals surface area contributed by atoms with Crippen molar-refractivity contribution in [3.8, 4) is 0 Å². The van der Waals surface area contributed by atoms with Gasteiger partial charge in [-0.1, -0.05) is 26.2 Å². The zero-order valence-corrected chi connectivity index (χ0v) is 12.9. The summed E-state index contributed by atoms with van der Waals surface area (Å²) in [5, 5.41) is 9.41. The molecule has 1 aromatic rings. The smallest absolute Gasteiger partial charge is 0.252 e. The van der Waals surface area contributed by atoms with Gasteiger partial charge in [-0.2, -0.15) is 11.3 Å². The molecule has 1 rings (SSSR count). The summed E-state index contributed by atoms with van der Waals surface area (Å²) in [7, 11) is 0. The van der Waals surface area contributed by atoms with Crippen LogP contribution in [0.1, 0.15) is 55.8 Å². The lowest BCUT2D eigenvalue weighted by Crippen LogP contribution is -2.27. The molecule has 0 radical (unpaired) electrons. The molecule has 0 aliphatic heterocycles. The Morgan fingerprint density at radius 1 is 1.10 bits per heavy atom. The van der Waals surface area contributed by atoms with E-state index in [0.29, 0.717) is 24.9 Å². The van der Waals surface area contributed by atoms with Gasteiger partial charge in [-0.3, -0.25) is 9.59 Å². The zero-order chi connectivity index (χ0) is 14.6. The van der Waals surface area contributed by atoms with E-state index < -0.39 is 0 Å². The van der Waals surface area contributed by atoms with E-state index in [-0.39, 0.29) is 11.8 Å². The van der Waals surface area contributed by atoms with Crippen LogP contribution in [-0.4, -0.2) is 24.9 Å². The maximum absolute atomic E-state index is 11.6. The number of carbonyl (C=O) groups is 2. The Morgan fingerprint density at radius 3 is 2.60 bits per heavy atom. The predicted octanol–water partition coefficient (Wildman–Crippen LogP) is 2.95. The lowest BCUT2D eigenvalue weighted by atomic mass is 10.2. The Hall–Kier alpha value is -1.36. The highest BCUT2D eigenvalue weighted by molar-refractivity contribution is 7.08. The normalized spacial score (nSPS) is 10.2. The van der Waals surface area contributed by atoms with Crippen molar-refractivity contribution < 1.29 is 9.59 Å². The summed E-state index contributed by atoms with van der Waals surface area (Å²) in [4.78, 5) is 23.1. The summed E-state index contributed by atoms with van der Waals surface area (Å²) in [6.45, 7) is 3.47. The molecule has 0 aliphatic rings. The summed E-state index contributed by atoms with van der Waals surface area (Å²) in [5.41, 5.74) is 0.690. The fraction of sp³-hybridized carbons (Fsp3) is 0.600. The molecular weight excluding hydrogens is 272 g/mol. The van der Waals surface area contributed by atoms with Gasteiger partial charge in [0.15, 0.2) is 0 Å². The predicted molar refractivity (Wildman–Crippen MR) is 83.0 cm³/mol. The summed E-state index contributed by atoms with van der Waals surface area (Å²) in [5.74, 6) is 0.0116. The van der Waals surface area contributed by atoms with Crippen molar-refractivity contribution in [2.75, 3.05) is 13.1 Å². The number of carbonyl (C=O) groups excluding carboxylic acids is 2. The highest BCUT2D eigenvalue weighted by Gasteiger charge is 2.05. The minimum atomic E-state index is -0.0637. The van der Waals surface area contributed by atoms with Crippen molar-refractivity contribution >= 4 is 23.2 Å². The van der Waals surface area contributed by atoms with Crippen molar-refractivity contribution in [2.24, 2.45) is 0 Å². The van der Waals surface area contributed by atoms with Crippen LogP contribution in [0.3, 0.4) is 0 Å². The van der Waals surface area contributed by atoms with Gasteiger partial charge in [0.2, 0.25) is 5.91 Å². The summed E-state index contributed by atoms with van der Waals surface area (Å²) in [6.07, 6.45) is 5.80. The second-order valence-electron chi connectivity index (χ2n) is 4.78. The summed E-state index contributed by atoms with van der Waals surface area (Å²) >= 11 is 1.50. The van der Waals surface area contributed by atoms with Gasteiger partial charge in [0.05, 0.1) is 0 Å². The number of hydrogen-bond acceptors (Lipinski definition) is 3. The van der Waals surface area contributed by atoms with E-state index in [1.165, 1.54) is 30.6 Å². The van der Waals surface area contributed by atoms with Crippen LogP contribution in [-0.2, 0) is 4.79 Å². The molecule has 112 valence electrons. The third-order valence-electron chi connectivity index (χ3n) is 3.00. The third-order valence-corrected chi connectivity index (χ3v) is 3.69. The van der Waals surface area contributed by atoms with E-state index in [2.05, 4.69) is 17.6 Å². The quantitative estimate of drug-likeness (QED) is 0.652. The van der Waals surface area contributed by atoms with Crippen LogP contribution in [0.25, 0.3) is 0 Å². The average molecular weight is 296 g/mol. The second kappa shape index (κ2) is 10.4. The van der Waals surface area contributed by atoms with Crippen molar-refractivity contribution in [2.45, 2.75) is 45.4 Å². The van der Waals surface area contributed by atoms with Crippen LogP contribution in [0.2, 0.25) is 0 Å². The van der Waals surface area contributed by atoms with Crippen LogP contribution >= 0.6 is 11.3 Å². The van der Waals surface area contributed by atoms with Crippen molar-refractivity contribution in [1.29, 1.82) is 0 Å². The van der Waals surface area contributed by atoms with Gasteiger partial charge < -0.3 is 10.6 Å². The first-order valence-electron chi connectivity index (χ1n) is 7.31. The third kappa shape index (κ3) is 7.28. The molecule has 0 bridgehead atoms. The molecule has 20 heavy (non-hydrogen) atoms. The number of thiophene rings is 1. The van der Waals surface area contributed by atoms with Gasteiger partial charge in [-0.25, -0.2) is 0 Å². The molecule has 0 atom stereocenters. The minimum Gasteiger partial charge on any atom is -0.356 e. The van der Waals surface area contributed by atoms with Gasteiger partial charge in [0.1, 0.15) is 0 Å². The highest BCUT2D eigenvalue weighted by atomic mass is 32.1. The molecule has 2 amide bonds. The molecule has 0 spiro atoms. The Kier molecular flexibility index (Phi) is 8.71. The number of nitrogens with one attached hydrogen (secondary N) is 2. The topological polar surface area (TPSA) is 58.2 Å². The van der Waals surface area contributed by atoms with Crippen LogP contribution in [0.4, 0.5) is 0 Å². The Labute approximate surface area is 125 Å². The van der Waals surface area contributed by atoms with E-state index in [0.717, 1.165) is 13.0 Å². The van der Waals surface area contributed by atoms with Crippen LogP contribution in [0.15, 0.2) is 16.8 Å². The lowest BCUT2D eigenvalue weighted by Gasteiger charge is -2.06. The Bertz CT molecular complexity index is 391. The van der Waals surface area contributed by atoms with Gasteiger partial charge in [-0.15, -0.1) is 0 Å². The molecule has 0 saturated carbocycles. The van der Waals surface area contributed by atoms with Crippen molar-refractivity contribution in [1.82, 2.24) is 10.6 Å². The Morgan fingerprint density at radius 2 is 1.90 bits per heavy atom. The van der Waals surface area contributed by atoms with Crippen LogP contribution in [0.5, 0.6) is 0 Å². The molecule has 0 unspecified atom stereocenters. The van der Waals surface area contributed by atoms with Crippen LogP contribution in [0, 0.1) is 0 Å². The molecule has 2 N–H and O–H groups in total. The molecule has 1 heterocycles. The van der Waals surface area contributed by atoms with E-state index in [9.17, 15) is 9.59 Å². The number of unbranched alkanes of at least 4 members (excludes halogenated alkanes) is 3. The second-order valence-corrected chi connectivity index (χ2v) is 5.56. The van der Waals surface area contributed by atoms with Crippen molar-refractivity contribution in [3.63, 3.8) is 0 Å². The first-order valence-corrected chi connectivity index (χ1v) is 8.25. The van der Waals surface area contributed by atoms with Crippen LogP contribution < -0.4 is 10.6 Å². The monoisotopic (exact) mass is 296 g/mol. The molecule has 5 heteroatoms. The molecule has 0 fully saturated rings. The van der Waals surface area contributed by atoms with Gasteiger partial charge in [0.25, 0.3) is 5.91 Å². The number of hydrogen-bond donors (Lipinski definition) is 2. The molecule has 4 nitrogen and oxygen atoms in total. The number of rotatable bonds is 10. The molecule has 0 aliphatic carbocycles. The lowest BCUT2D eigenvalue weighted by molar-refractivity contribution is -0.121. The van der Waals surface area contributed by atoms with E-state index in [4.69, 9.17) is 0 Å². The van der Waals surface area contributed by atoms with Crippen molar-refractivity contribution in [3.05, 3.63) is 22.4 Å². The fourth-order valence-electron chi connectivity index (χ4n) is 1.81. The molecule has 1 aromatic heterocycles. The first kappa shape index (κ1) is 16.7. The average Bonchev–Trinajstić information content (AvgIpc) is 2.97. The maximum atomic E-state index is 11.6. The standard InChI is InChI=1S/C15H24N2O2S/c1-2-3-4-5-9-16-14(18)7-6-10-17-15(19)13-8-11-20-12-13/h8,11-12H,2-7,9-10H2,1H3,(H,16,18)(H,17,19). The SMILES string of the molecule is CCCCCCNC(=O)CCCNC(=O)c1ccsc1. The fourth-order valence-corrected chi connectivity index (χ4v) is 2.45. The minimum absolute atomic E-state index is 0.0637. The van der Waals surface area contributed by atoms with Gasteiger partial charge >= 0.3 is 0 Å². The molecular formula is C15H24N2O2S. The molecule has 0 saturated heterocycles. The Balaban J connectivity index is 1.98. The molecule has 0 aromatic carbocycles. The summed E-state index contributed by atoms with van der Waals surface area (Å²) in [6, 6.07) is 1.79. The van der Waals surface area contributed by atoms with E-state index in [1.807, 2.05) is 10.8 Å². The number of amides is 2.